The minimum absolute atomic E-state index is 0.337. The van der Waals surface area contributed by atoms with Crippen LogP contribution in [0.25, 0.3) is 11.0 Å². The van der Waals surface area contributed by atoms with E-state index in [-0.39, 0.29) is 5.82 Å². The lowest BCUT2D eigenvalue weighted by atomic mass is 10.0. The van der Waals surface area contributed by atoms with Crippen molar-refractivity contribution in [1.82, 2.24) is 24.6 Å². The smallest absolute Gasteiger partial charge is 0.239 e. The Labute approximate surface area is 161 Å². The first-order valence-corrected chi connectivity index (χ1v) is 9.14. The molecule has 0 saturated carbocycles. The SMILES string of the molecule is Cc1nc(N2CCN(C(C(N)=O)c3ccc(F)cc3)CC2)c2cnn(C)c2n1. The molecule has 2 N–H and O–H groups in total. The molecule has 1 atom stereocenters. The third-order valence-electron chi connectivity index (χ3n) is 5.12. The maximum atomic E-state index is 13.2. The molecule has 28 heavy (non-hydrogen) atoms. The fourth-order valence-corrected chi connectivity index (χ4v) is 3.75. The van der Waals surface area contributed by atoms with Crippen LogP contribution in [0.3, 0.4) is 0 Å². The lowest BCUT2D eigenvalue weighted by Crippen LogP contribution is -2.50. The number of piperazine rings is 1. The van der Waals surface area contributed by atoms with Gasteiger partial charge in [0.15, 0.2) is 5.65 Å². The third kappa shape index (κ3) is 3.29. The van der Waals surface area contributed by atoms with Gasteiger partial charge >= 0.3 is 0 Å². The first-order valence-electron chi connectivity index (χ1n) is 9.14. The highest BCUT2D eigenvalue weighted by molar-refractivity contribution is 5.87. The Morgan fingerprint density at radius 2 is 1.82 bits per heavy atom. The third-order valence-corrected chi connectivity index (χ3v) is 5.12. The first kappa shape index (κ1) is 18.3. The molecule has 9 heteroatoms. The van der Waals surface area contributed by atoms with Crippen molar-refractivity contribution in [3.05, 3.63) is 47.7 Å². The molecule has 0 aliphatic carbocycles. The van der Waals surface area contributed by atoms with E-state index in [4.69, 9.17) is 5.73 Å². The van der Waals surface area contributed by atoms with Gasteiger partial charge in [-0.2, -0.15) is 5.10 Å². The summed E-state index contributed by atoms with van der Waals surface area (Å²) in [7, 11) is 1.86. The molecule has 4 rings (SSSR count). The summed E-state index contributed by atoms with van der Waals surface area (Å²) in [5.74, 6) is 0.770. The zero-order valence-electron chi connectivity index (χ0n) is 15.8. The molecular weight excluding hydrogens is 361 g/mol. The fraction of sp³-hybridized carbons (Fsp3) is 0.368. The highest BCUT2D eigenvalue weighted by Crippen LogP contribution is 2.27. The van der Waals surface area contributed by atoms with Crippen molar-refractivity contribution in [3.8, 4) is 0 Å². The van der Waals surface area contributed by atoms with Gasteiger partial charge in [0.1, 0.15) is 23.5 Å². The van der Waals surface area contributed by atoms with E-state index in [1.54, 1.807) is 23.0 Å². The van der Waals surface area contributed by atoms with Crippen LogP contribution in [-0.4, -0.2) is 56.7 Å². The molecule has 1 aliphatic heterocycles. The number of hydrogen-bond acceptors (Lipinski definition) is 6. The fourth-order valence-electron chi connectivity index (χ4n) is 3.75. The largest absolute Gasteiger partial charge is 0.368 e. The number of nitrogens with zero attached hydrogens (tertiary/aromatic N) is 6. The summed E-state index contributed by atoms with van der Waals surface area (Å²) in [6, 6.07) is 5.36. The number of carbonyl (C=O) groups excluding carboxylic acids is 1. The Kier molecular flexibility index (Phi) is 4.68. The van der Waals surface area contributed by atoms with Crippen molar-refractivity contribution in [3.63, 3.8) is 0 Å². The molecule has 146 valence electrons. The molecule has 8 nitrogen and oxygen atoms in total. The van der Waals surface area contributed by atoms with Crippen LogP contribution < -0.4 is 10.6 Å². The number of hydrogen-bond donors (Lipinski definition) is 1. The average Bonchev–Trinajstić information content (AvgIpc) is 3.04. The van der Waals surface area contributed by atoms with Crippen LogP contribution in [0, 0.1) is 12.7 Å². The Hall–Kier alpha value is -3.07. The van der Waals surface area contributed by atoms with Crippen LogP contribution in [0.15, 0.2) is 30.5 Å². The predicted octanol–water partition coefficient (Wildman–Crippen LogP) is 1.16. The number of nitrogens with two attached hydrogens (primary N) is 1. The molecule has 0 spiro atoms. The highest BCUT2D eigenvalue weighted by Gasteiger charge is 2.30. The summed E-state index contributed by atoms with van der Waals surface area (Å²) in [4.78, 5) is 25.4. The number of benzene rings is 1. The van der Waals surface area contributed by atoms with E-state index >= 15 is 0 Å². The molecule has 0 radical (unpaired) electrons. The number of fused-ring (bicyclic) bond motifs is 1. The van der Waals surface area contributed by atoms with E-state index in [0.29, 0.717) is 37.6 Å². The average molecular weight is 383 g/mol. The lowest BCUT2D eigenvalue weighted by Gasteiger charge is -2.38. The summed E-state index contributed by atoms with van der Waals surface area (Å²) in [6.45, 7) is 4.51. The molecule has 1 unspecified atom stereocenters. The van der Waals surface area contributed by atoms with Gasteiger partial charge < -0.3 is 10.6 Å². The minimum atomic E-state index is -0.576. The van der Waals surface area contributed by atoms with Gasteiger partial charge in [0.25, 0.3) is 0 Å². The molecule has 1 amide bonds. The van der Waals surface area contributed by atoms with Gasteiger partial charge in [0.2, 0.25) is 5.91 Å². The molecule has 1 aliphatic rings. The maximum absolute atomic E-state index is 13.2. The van der Waals surface area contributed by atoms with Gasteiger partial charge in [0.05, 0.1) is 11.6 Å². The standard InChI is InChI=1S/C19H22FN7O/c1-12-23-18-15(11-22-25(18)2)19(24-12)27-9-7-26(8-10-27)16(17(21)28)13-3-5-14(20)6-4-13/h3-6,11,16H,7-10H2,1-2H3,(H2,21,28). The summed E-state index contributed by atoms with van der Waals surface area (Å²) < 4.78 is 15.0. The van der Waals surface area contributed by atoms with Gasteiger partial charge in [-0.15, -0.1) is 0 Å². The van der Waals surface area contributed by atoms with Crippen LogP contribution in [0.1, 0.15) is 17.4 Å². The van der Waals surface area contributed by atoms with Crippen molar-refractivity contribution in [2.75, 3.05) is 31.1 Å². The number of rotatable bonds is 4. The van der Waals surface area contributed by atoms with Crippen LogP contribution >= 0.6 is 0 Å². The Bertz CT molecular complexity index is 1010. The maximum Gasteiger partial charge on any atom is 0.239 e. The lowest BCUT2D eigenvalue weighted by molar-refractivity contribution is -0.123. The van der Waals surface area contributed by atoms with Crippen molar-refractivity contribution in [1.29, 1.82) is 0 Å². The number of halogens is 1. The van der Waals surface area contributed by atoms with Crippen molar-refractivity contribution < 1.29 is 9.18 Å². The molecule has 1 saturated heterocycles. The summed E-state index contributed by atoms with van der Waals surface area (Å²) in [5, 5.41) is 5.20. The van der Waals surface area contributed by atoms with Crippen LogP contribution in [0.2, 0.25) is 0 Å². The van der Waals surface area contributed by atoms with E-state index in [0.717, 1.165) is 16.9 Å². The van der Waals surface area contributed by atoms with E-state index in [1.165, 1.54) is 12.1 Å². The van der Waals surface area contributed by atoms with Crippen LogP contribution in [0.5, 0.6) is 0 Å². The first-order chi connectivity index (χ1) is 13.4. The minimum Gasteiger partial charge on any atom is -0.368 e. The quantitative estimate of drug-likeness (QED) is 0.727. The van der Waals surface area contributed by atoms with Gasteiger partial charge in [0, 0.05) is 33.2 Å². The Morgan fingerprint density at radius 3 is 2.46 bits per heavy atom. The van der Waals surface area contributed by atoms with Gasteiger partial charge in [-0.25, -0.2) is 14.4 Å². The van der Waals surface area contributed by atoms with Crippen LogP contribution in [0.4, 0.5) is 10.2 Å². The number of anilines is 1. The summed E-state index contributed by atoms with van der Waals surface area (Å²) in [6.07, 6.45) is 1.78. The monoisotopic (exact) mass is 383 g/mol. The molecule has 3 heterocycles. The zero-order valence-corrected chi connectivity index (χ0v) is 15.8. The topological polar surface area (TPSA) is 93.2 Å². The van der Waals surface area contributed by atoms with E-state index in [2.05, 4.69) is 20.0 Å². The van der Waals surface area contributed by atoms with Crippen molar-refractivity contribution in [2.24, 2.45) is 12.8 Å². The number of carbonyl (C=O) groups is 1. The van der Waals surface area contributed by atoms with Gasteiger partial charge in [-0.05, 0) is 24.6 Å². The zero-order chi connectivity index (χ0) is 19.8. The van der Waals surface area contributed by atoms with Crippen LogP contribution in [-0.2, 0) is 11.8 Å². The number of aromatic nitrogens is 4. The molecular formula is C19H22FN7O. The molecule has 1 aromatic carbocycles. The Morgan fingerprint density at radius 1 is 1.14 bits per heavy atom. The number of amides is 1. The molecule has 2 aromatic heterocycles. The van der Waals surface area contributed by atoms with E-state index in [1.807, 2.05) is 18.9 Å². The number of aryl methyl sites for hydroxylation is 2. The number of primary amides is 1. The second kappa shape index (κ2) is 7.16. The van der Waals surface area contributed by atoms with Gasteiger partial charge in [-0.1, -0.05) is 12.1 Å². The molecule has 1 fully saturated rings. The molecule has 3 aromatic rings. The normalized spacial score (nSPS) is 16.5. The van der Waals surface area contributed by atoms with E-state index < -0.39 is 11.9 Å². The Balaban J connectivity index is 1.56. The predicted molar refractivity (Wildman–Crippen MR) is 103 cm³/mol. The van der Waals surface area contributed by atoms with E-state index in [9.17, 15) is 9.18 Å². The molecule has 0 bridgehead atoms. The van der Waals surface area contributed by atoms with Crippen molar-refractivity contribution >= 4 is 22.8 Å². The second-order valence-electron chi connectivity index (χ2n) is 6.98. The highest BCUT2D eigenvalue weighted by atomic mass is 19.1. The van der Waals surface area contributed by atoms with Crippen molar-refractivity contribution in [2.45, 2.75) is 13.0 Å². The summed E-state index contributed by atoms with van der Waals surface area (Å²) >= 11 is 0. The summed E-state index contributed by atoms with van der Waals surface area (Å²) in [5.41, 5.74) is 7.16. The van der Waals surface area contributed by atoms with Gasteiger partial charge in [-0.3, -0.25) is 14.4 Å². The second-order valence-corrected chi connectivity index (χ2v) is 6.98.